The highest BCUT2D eigenvalue weighted by Gasteiger charge is 2.43. The molecule has 0 aromatic rings. The van der Waals surface area contributed by atoms with Crippen molar-refractivity contribution in [2.45, 2.75) is 78.1 Å². The van der Waals surface area contributed by atoms with Crippen LogP contribution >= 0.6 is 0 Å². The number of carboxylic acids is 2. The Hall–Kier alpha value is -1.32. The van der Waals surface area contributed by atoms with Crippen molar-refractivity contribution >= 4 is 11.9 Å². The van der Waals surface area contributed by atoms with Crippen LogP contribution in [0.15, 0.2) is 12.2 Å². The molecular formula is C17H30O4. The van der Waals surface area contributed by atoms with Crippen molar-refractivity contribution in [2.75, 3.05) is 0 Å². The van der Waals surface area contributed by atoms with E-state index >= 15 is 0 Å². The van der Waals surface area contributed by atoms with Gasteiger partial charge < -0.3 is 10.2 Å². The number of hydrogen-bond donors (Lipinski definition) is 2. The van der Waals surface area contributed by atoms with E-state index in [1.807, 2.05) is 0 Å². The largest absolute Gasteiger partial charge is 0.481 e. The minimum atomic E-state index is -1.30. The van der Waals surface area contributed by atoms with E-state index in [1.54, 1.807) is 0 Å². The van der Waals surface area contributed by atoms with Crippen LogP contribution < -0.4 is 0 Å². The molecule has 4 heteroatoms. The highest BCUT2D eigenvalue weighted by molar-refractivity contribution is 5.95. The normalized spacial score (nSPS) is 11.3. The van der Waals surface area contributed by atoms with Gasteiger partial charge >= 0.3 is 11.9 Å². The molecule has 4 nitrogen and oxygen atoms in total. The molecular weight excluding hydrogens is 268 g/mol. The quantitative estimate of drug-likeness (QED) is 0.384. The van der Waals surface area contributed by atoms with Gasteiger partial charge in [0.05, 0.1) is 5.41 Å². The first-order chi connectivity index (χ1) is 9.92. The van der Waals surface area contributed by atoms with Crippen molar-refractivity contribution in [1.29, 1.82) is 0 Å². The molecule has 122 valence electrons. The van der Waals surface area contributed by atoms with E-state index in [0.717, 1.165) is 51.4 Å². The SMILES string of the molecule is C=C(C(=O)O)C(CCCCCC)(CCCCCC)C(=O)O. The fraction of sp³-hybridized carbons (Fsp3) is 0.765. The summed E-state index contributed by atoms with van der Waals surface area (Å²) < 4.78 is 0. The molecule has 0 rings (SSSR count). The van der Waals surface area contributed by atoms with Gasteiger partial charge in [-0.25, -0.2) is 4.79 Å². The molecule has 0 aliphatic carbocycles. The third-order valence-corrected chi connectivity index (χ3v) is 4.16. The molecule has 0 spiro atoms. The maximum absolute atomic E-state index is 11.8. The van der Waals surface area contributed by atoms with E-state index < -0.39 is 17.4 Å². The van der Waals surface area contributed by atoms with E-state index in [1.165, 1.54) is 0 Å². The van der Waals surface area contributed by atoms with Crippen LogP contribution in [0.5, 0.6) is 0 Å². The minimum Gasteiger partial charge on any atom is -0.481 e. The topological polar surface area (TPSA) is 74.6 Å². The summed E-state index contributed by atoms with van der Waals surface area (Å²) in [5.41, 5.74) is -1.46. The third kappa shape index (κ3) is 6.32. The smallest absolute Gasteiger partial charge is 0.332 e. The molecule has 0 aliphatic rings. The van der Waals surface area contributed by atoms with Gasteiger partial charge in [-0.3, -0.25) is 4.79 Å². The van der Waals surface area contributed by atoms with Crippen LogP contribution in [0.2, 0.25) is 0 Å². The Balaban J connectivity index is 4.92. The molecule has 0 saturated heterocycles. The van der Waals surface area contributed by atoms with E-state index in [-0.39, 0.29) is 5.57 Å². The number of unbranched alkanes of at least 4 members (excludes halogenated alkanes) is 6. The molecule has 0 atom stereocenters. The molecule has 2 N–H and O–H groups in total. The second kappa shape index (κ2) is 10.4. The van der Waals surface area contributed by atoms with Crippen LogP contribution in [-0.4, -0.2) is 22.2 Å². The van der Waals surface area contributed by atoms with Gasteiger partial charge in [0, 0.05) is 5.57 Å². The van der Waals surface area contributed by atoms with Gasteiger partial charge in [0.15, 0.2) is 0 Å². The molecule has 21 heavy (non-hydrogen) atoms. The second-order valence-electron chi connectivity index (χ2n) is 5.79. The molecule has 0 bridgehead atoms. The summed E-state index contributed by atoms with van der Waals surface area (Å²) in [4.78, 5) is 23.0. The van der Waals surface area contributed by atoms with E-state index in [0.29, 0.717) is 12.8 Å². The minimum absolute atomic E-state index is 0.164. The van der Waals surface area contributed by atoms with Crippen LogP contribution in [0.4, 0.5) is 0 Å². The van der Waals surface area contributed by atoms with Crippen molar-refractivity contribution in [2.24, 2.45) is 5.41 Å². The summed E-state index contributed by atoms with van der Waals surface area (Å²) in [5.74, 6) is -2.23. The number of carbonyl (C=O) groups is 2. The monoisotopic (exact) mass is 298 g/mol. The Morgan fingerprint density at radius 3 is 1.57 bits per heavy atom. The Morgan fingerprint density at radius 1 is 0.857 bits per heavy atom. The summed E-state index contributed by atoms with van der Waals surface area (Å²) in [6, 6.07) is 0. The highest BCUT2D eigenvalue weighted by Crippen LogP contribution is 2.39. The average Bonchev–Trinajstić information content (AvgIpc) is 2.44. The van der Waals surface area contributed by atoms with Gasteiger partial charge in [-0.05, 0) is 12.8 Å². The standard InChI is InChI=1S/C17H30O4/c1-4-6-8-10-12-17(16(20)21,14(3)15(18)19)13-11-9-7-5-2/h3-13H2,1-2H3,(H,18,19)(H,20,21). The molecule has 0 aromatic heterocycles. The zero-order valence-corrected chi connectivity index (χ0v) is 13.5. The fourth-order valence-corrected chi connectivity index (χ4v) is 2.68. The first-order valence-corrected chi connectivity index (χ1v) is 8.08. The van der Waals surface area contributed by atoms with Crippen LogP contribution in [0.3, 0.4) is 0 Å². The van der Waals surface area contributed by atoms with Crippen LogP contribution in [0.1, 0.15) is 78.1 Å². The molecule has 0 aromatic carbocycles. The summed E-state index contributed by atoms with van der Waals surface area (Å²) in [6.45, 7) is 7.74. The zero-order valence-electron chi connectivity index (χ0n) is 13.5. The lowest BCUT2D eigenvalue weighted by Crippen LogP contribution is -2.36. The van der Waals surface area contributed by atoms with Gasteiger partial charge in [0.25, 0.3) is 0 Å². The molecule has 0 amide bonds. The maximum atomic E-state index is 11.8. The third-order valence-electron chi connectivity index (χ3n) is 4.16. The van der Waals surface area contributed by atoms with Crippen molar-refractivity contribution in [3.63, 3.8) is 0 Å². The molecule has 0 unspecified atom stereocenters. The Labute approximate surface area is 128 Å². The molecule has 0 heterocycles. The summed E-state index contributed by atoms with van der Waals surface area (Å²) in [5, 5.41) is 18.8. The fourth-order valence-electron chi connectivity index (χ4n) is 2.68. The first kappa shape index (κ1) is 19.7. The molecule has 0 aliphatic heterocycles. The number of hydrogen-bond acceptors (Lipinski definition) is 2. The lowest BCUT2D eigenvalue weighted by molar-refractivity contribution is -0.151. The maximum Gasteiger partial charge on any atom is 0.332 e. The molecule has 0 fully saturated rings. The van der Waals surface area contributed by atoms with Crippen LogP contribution in [0, 0.1) is 5.41 Å². The summed E-state index contributed by atoms with van der Waals surface area (Å²) in [7, 11) is 0. The lowest BCUT2D eigenvalue weighted by atomic mass is 9.72. The number of carboxylic acid groups (broad SMARTS) is 2. The Kier molecular flexibility index (Phi) is 9.76. The van der Waals surface area contributed by atoms with Gasteiger partial charge in [0.2, 0.25) is 0 Å². The van der Waals surface area contributed by atoms with Crippen molar-refractivity contribution in [3.05, 3.63) is 12.2 Å². The molecule has 0 saturated carbocycles. The van der Waals surface area contributed by atoms with Crippen LogP contribution in [-0.2, 0) is 9.59 Å². The van der Waals surface area contributed by atoms with Gasteiger partial charge in [0.1, 0.15) is 0 Å². The molecule has 0 radical (unpaired) electrons. The Bertz CT molecular complexity index is 335. The predicted molar refractivity (Wildman–Crippen MR) is 84.4 cm³/mol. The number of rotatable bonds is 13. The summed E-state index contributed by atoms with van der Waals surface area (Å²) >= 11 is 0. The predicted octanol–water partition coefficient (Wildman–Crippen LogP) is 4.64. The lowest BCUT2D eigenvalue weighted by Gasteiger charge is -2.30. The van der Waals surface area contributed by atoms with E-state index in [4.69, 9.17) is 0 Å². The summed E-state index contributed by atoms with van der Waals surface area (Å²) in [6.07, 6.45) is 8.32. The van der Waals surface area contributed by atoms with Crippen molar-refractivity contribution in [3.8, 4) is 0 Å². The van der Waals surface area contributed by atoms with Crippen LogP contribution in [0.25, 0.3) is 0 Å². The highest BCUT2D eigenvalue weighted by atomic mass is 16.4. The zero-order chi connectivity index (χ0) is 16.3. The first-order valence-electron chi connectivity index (χ1n) is 8.08. The van der Waals surface area contributed by atoms with E-state index in [9.17, 15) is 19.8 Å². The second-order valence-corrected chi connectivity index (χ2v) is 5.79. The van der Waals surface area contributed by atoms with Gasteiger partial charge in [-0.1, -0.05) is 71.8 Å². The van der Waals surface area contributed by atoms with Gasteiger partial charge in [-0.15, -0.1) is 0 Å². The average molecular weight is 298 g/mol. The Morgan fingerprint density at radius 2 is 1.29 bits per heavy atom. The van der Waals surface area contributed by atoms with E-state index in [2.05, 4.69) is 20.4 Å². The van der Waals surface area contributed by atoms with Crippen molar-refractivity contribution < 1.29 is 19.8 Å². The number of aliphatic carboxylic acids is 2. The van der Waals surface area contributed by atoms with Gasteiger partial charge in [-0.2, -0.15) is 0 Å². The van der Waals surface area contributed by atoms with Crippen molar-refractivity contribution in [1.82, 2.24) is 0 Å².